The third kappa shape index (κ3) is 5.00. The van der Waals surface area contributed by atoms with Gasteiger partial charge in [-0.1, -0.05) is 32.1 Å². The molecular formula is C19H26N4O3. The van der Waals surface area contributed by atoms with Crippen LogP contribution in [0.5, 0.6) is 0 Å². The molecule has 0 aromatic carbocycles. The summed E-state index contributed by atoms with van der Waals surface area (Å²) in [4.78, 5) is 23.4. The summed E-state index contributed by atoms with van der Waals surface area (Å²) in [5.41, 5.74) is 0.00235. The number of aromatic nitrogens is 1. The predicted octanol–water partition coefficient (Wildman–Crippen LogP) is 2.69. The van der Waals surface area contributed by atoms with Crippen LogP contribution < -0.4 is 5.84 Å². The van der Waals surface area contributed by atoms with Crippen LogP contribution in [0, 0.1) is 16.7 Å². The average Bonchev–Trinajstić information content (AvgIpc) is 3.06. The van der Waals surface area contributed by atoms with E-state index in [0.29, 0.717) is 18.5 Å². The first-order valence-corrected chi connectivity index (χ1v) is 8.65. The number of amides is 1. The van der Waals surface area contributed by atoms with Crippen LogP contribution in [0.25, 0.3) is 0 Å². The Bertz CT molecular complexity index is 746. The molecule has 7 heteroatoms. The molecule has 1 heterocycles. The molecule has 1 aromatic rings. The fourth-order valence-corrected chi connectivity index (χ4v) is 2.74. The van der Waals surface area contributed by atoms with Gasteiger partial charge in [-0.05, 0) is 50.0 Å². The van der Waals surface area contributed by atoms with E-state index in [1.165, 1.54) is 4.68 Å². The summed E-state index contributed by atoms with van der Waals surface area (Å²) in [6.07, 6.45) is 11.4. The van der Waals surface area contributed by atoms with Crippen LogP contribution >= 0.6 is 0 Å². The van der Waals surface area contributed by atoms with Crippen LogP contribution in [-0.2, 0) is 11.2 Å². The highest BCUT2D eigenvalue weighted by Gasteiger charge is 2.24. The van der Waals surface area contributed by atoms with E-state index in [-0.39, 0.29) is 17.7 Å². The minimum absolute atomic E-state index is 0.120. The van der Waals surface area contributed by atoms with Crippen LogP contribution in [0.15, 0.2) is 59.7 Å². The van der Waals surface area contributed by atoms with Gasteiger partial charge in [0.25, 0.3) is 0 Å². The molecule has 1 aliphatic carbocycles. The molecule has 3 atom stereocenters. The van der Waals surface area contributed by atoms with Crippen molar-refractivity contribution in [2.45, 2.75) is 39.2 Å². The van der Waals surface area contributed by atoms with Gasteiger partial charge in [-0.3, -0.25) is 4.79 Å². The summed E-state index contributed by atoms with van der Waals surface area (Å²) in [6, 6.07) is 3.53. The Morgan fingerprint density at radius 2 is 2.23 bits per heavy atom. The molecule has 7 nitrogen and oxygen atoms in total. The fourth-order valence-electron chi connectivity index (χ4n) is 2.74. The van der Waals surface area contributed by atoms with Gasteiger partial charge in [-0.25, -0.2) is 15.5 Å². The molecule has 3 N–H and O–H groups in total. The lowest BCUT2D eigenvalue weighted by Crippen LogP contribution is -2.41. The van der Waals surface area contributed by atoms with Crippen molar-refractivity contribution in [1.29, 1.82) is 0 Å². The van der Waals surface area contributed by atoms with Crippen molar-refractivity contribution in [3.63, 3.8) is 0 Å². The summed E-state index contributed by atoms with van der Waals surface area (Å²) in [7, 11) is 0. The highest BCUT2D eigenvalue weighted by atomic mass is 16.3. The molecule has 0 saturated carbocycles. The highest BCUT2D eigenvalue weighted by molar-refractivity contribution is 5.80. The Hall–Kier alpha value is -2.51. The van der Waals surface area contributed by atoms with Gasteiger partial charge in [0.2, 0.25) is 5.91 Å². The molecule has 140 valence electrons. The van der Waals surface area contributed by atoms with Crippen molar-refractivity contribution in [1.82, 2.24) is 9.69 Å². The maximum absolute atomic E-state index is 12.7. The first kappa shape index (κ1) is 19.8. The second-order valence-corrected chi connectivity index (χ2v) is 6.95. The SMILES string of the molecule is CC1C=CC(C)(O)/C=C(N(N)C(=O)C(C)CCc2cccn2N=O)\C=C/1. The summed E-state index contributed by atoms with van der Waals surface area (Å²) < 4.78 is 1.25. The normalized spacial score (nSPS) is 27.0. The van der Waals surface area contributed by atoms with Crippen LogP contribution in [0.2, 0.25) is 0 Å². The number of aliphatic hydroxyl groups is 1. The van der Waals surface area contributed by atoms with Gasteiger partial charge in [-0.2, -0.15) is 0 Å². The number of hydrogen-bond donors (Lipinski definition) is 2. The number of nitroso groups, excluding NO2 is 1. The fraction of sp³-hybridized carbons (Fsp3) is 0.421. The number of nitrogens with zero attached hydrogens (tertiary/aromatic N) is 3. The van der Waals surface area contributed by atoms with Crippen molar-refractivity contribution in [2.75, 3.05) is 0 Å². The summed E-state index contributed by atoms with van der Waals surface area (Å²) in [5.74, 6) is 5.55. The second kappa shape index (κ2) is 8.25. The minimum atomic E-state index is -1.19. The van der Waals surface area contributed by atoms with Gasteiger partial charge < -0.3 is 5.11 Å². The summed E-state index contributed by atoms with van der Waals surface area (Å²) >= 11 is 0. The van der Waals surface area contributed by atoms with Gasteiger partial charge in [0.1, 0.15) is 5.60 Å². The third-order valence-corrected chi connectivity index (χ3v) is 4.42. The van der Waals surface area contributed by atoms with E-state index in [1.54, 1.807) is 50.4 Å². The van der Waals surface area contributed by atoms with Crippen LogP contribution in [0.3, 0.4) is 0 Å². The van der Waals surface area contributed by atoms with Crippen molar-refractivity contribution in [3.8, 4) is 0 Å². The van der Waals surface area contributed by atoms with E-state index in [0.717, 1.165) is 10.7 Å². The van der Waals surface area contributed by atoms with E-state index in [4.69, 9.17) is 5.84 Å². The zero-order valence-corrected chi connectivity index (χ0v) is 15.4. The quantitative estimate of drug-likeness (QED) is 0.268. The van der Waals surface area contributed by atoms with Gasteiger partial charge in [0.05, 0.1) is 11.0 Å². The molecule has 0 radical (unpaired) electrons. The molecule has 0 bridgehead atoms. The zero-order valence-electron chi connectivity index (χ0n) is 15.4. The van der Waals surface area contributed by atoms with Gasteiger partial charge in [0, 0.05) is 17.8 Å². The maximum Gasteiger partial charge on any atom is 0.243 e. The summed E-state index contributed by atoms with van der Waals surface area (Å²) in [5, 5.41) is 14.4. The minimum Gasteiger partial charge on any atom is -0.382 e. The van der Waals surface area contributed by atoms with Crippen LogP contribution in [0.4, 0.5) is 0 Å². The number of aryl methyl sites for hydroxylation is 1. The Morgan fingerprint density at radius 1 is 1.50 bits per heavy atom. The topological polar surface area (TPSA) is 101 Å². The first-order valence-electron chi connectivity index (χ1n) is 8.65. The van der Waals surface area contributed by atoms with Crippen LogP contribution in [0.1, 0.15) is 32.9 Å². The molecule has 0 fully saturated rings. The Labute approximate surface area is 153 Å². The Kier molecular flexibility index (Phi) is 6.28. The lowest BCUT2D eigenvalue weighted by atomic mass is 9.97. The molecule has 0 saturated heterocycles. The second-order valence-electron chi connectivity index (χ2n) is 6.95. The molecule has 0 spiro atoms. The van der Waals surface area contributed by atoms with Crippen molar-refractivity contribution >= 4 is 5.91 Å². The summed E-state index contributed by atoms with van der Waals surface area (Å²) in [6.45, 7) is 5.41. The predicted molar refractivity (Wildman–Crippen MR) is 100 cm³/mol. The molecule has 3 unspecified atom stereocenters. The number of carbonyl (C=O) groups excluding carboxylic acids is 1. The van der Waals surface area contributed by atoms with E-state index in [9.17, 15) is 14.8 Å². The van der Waals surface area contributed by atoms with Crippen molar-refractivity contribution < 1.29 is 9.90 Å². The van der Waals surface area contributed by atoms with E-state index in [2.05, 4.69) is 5.29 Å². The van der Waals surface area contributed by atoms with Crippen molar-refractivity contribution in [3.05, 3.63) is 65.0 Å². The number of rotatable bonds is 6. The monoisotopic (exact) mass is 358 g/mol. The van der Waals surface area contributed by atoms with Gasteiger partial charge in [-0.15, -0.1) is 4.91 Å². The lowest BCUT2D eigenvalue weighted by molar-refractivity contribution is -0.133. The molecule has 0 aliphatic heterocycles. The average molecular weight is 358 g/mol. The van der Waals surface area contributed by atoms with E-state index < -0.39 is 5.60 Å². The first-order chi connectivity index (χ1) is 12.2. The molecule has 26 heavy (non-hydrogen) atoms. The number of nitrogens with two attached hydrogens (primary N) is 1. The Balaban J connectivity index is 2.08. The maximum atomic E-state index is 12.7. The lowest BCUT2D eigenvalue weighted by Gasteiger charge is -2.26. The molecular weight excluding hydrogens is 332 g/mol. The zero-order chi connectivity index (χ0) is 19.3. The Morgan fingerprint density at radius 3 is 2.92 bits per heavy atom. The largest absolute Gasteiger partial charge is 0.382 e. The number of hydrazine groups is 1. The molecule has 2 rings (SSSR count). The van der Waals surface area contributed by atoms with Crippen LogP contribution in [-0.4, -0.2) is 26.3 Å². The van der Waals surface area contributed by atoms with Crippen molar-refractivity contribution in [2.24, 2.45) is 23.0 Å². The number of hydrogen-bond acceptors (Lipinski definition) is 5. The third-order valence-electron chi connectivity index (χ3n) is 4.42. The molecule has 1 aliphatic rings. The van der Waals surface area contributed by atoms with Gasteiger partial charge in [0.15, 0.2) is 0 Å². The van der Waals surface area contributed by atoms with Gasteiger partial charge >= 0.3 is 0 Å². The number of allylic oxidation sites excluding steroid dienone is 3. The number of carbonyl (C=O) groups is 1. The molecule has 1 aromatic heterocycles. The van der Waals surface area contributed by atoms with E-state index in [1.807, 2.05) is 19.1 Å². The smallest absolute Gasteiger partial charge is 0.243 e. The van der Waals surface area contributed by atoms with E-state index >= 15 is 0 Å². The highest BCUT2D eigenvalue weighted by Crippen LogP contribution is 2.21. The molecule has 1 amide bonds. The standard InChI is InChI=1S/C19H26N4O3/c1-14-6-8-17(13-19(3,25)11-10-14)23(20)18(24)15(2)7-9-16-5-4-12-22(16)21-26/h4-6,8,10-15,25H,7,9,20H2,1-3H3/b8-6-,11-10?,17-13+.